The number of anilines is 1. The highest BCUT2D eigenvalue weighted by Crippen LogP contribution is 2.23. The molecular formula is C10H16ClN3O3. The second kappa shape index (κ2) is 5.59. The number of halogens is 1. The molecular weight excluding hydrogens is 246 g/mol. The van der Waals surface area contributed by atoms with Gasteiger partial charge in [0, 0.05) is 0 Å². The molecule has 0 aromatic carbocycles. The third kappa shape index (κ3) is 2.84. The zero-order valence-electron chi connectivity index (χ0n) is 9.74. The fraction of sp³-hybridized carbons (Fsp3) is 0.600. The molecule has 0 fully saturated rings. The fourth-order valence-electron chi connectivity index (χ4n) is 1.21. The largest absolute Gasteiger partial charge is 0.394 e. The lowest BCUT2D eigenvalue weighted by molar-refractivity contribution is 0.0830. The molecule has 17 heavy (non-hydrogen) atoms. The number of aliphatic hydroxyl groups excluding tert-OH is 3. The molecule has 0 spiro atoms. The minimum atomic E-state index is -1.22. The molecule has 1 aromatic rings. The number of rotatable bonds is 5. The molecule has 0 amide bonds. The molecule has 1 aromatic heterocycles. The van der Waals surface area contributed by atoms with Crippen molar-refractivity contribution in [2.24, 2.45) is 0 Å². The first kappa shape index (κ1) is 14.1. The predicted molar refractivity (Wildman–Crippen MR) is 64.1 cm³/mol. The minimum absolute atomic E-state index is 0.302. The van der Waals surface area contributed by atoms with Gasteiger partial charge in [-0.25, -0.2) is 0 Å². The summed E-state index contributed by atoms with van der Waals surface area (Å²) in [4.78, 5) is 0. The van der Waals surface area contributed by atoms with Crippen LogP contribution in [-0.4, -0.2) is 50.9 Å². The Morgan fingerprint density at radius 3 is 2.06 bits per heavy atom. The summed E-state index contributed by atoms with van der Waals surface area (Å²) in [5, 5.41) is 38.3. The topological polar surface area (TPSA) is 98.5 Å². The summed E-state index contributed by atoms with van der Waals surface area (Å²) in [6.07, 6.45) is 0. The Morgan fingerprint density at radius 1 is 1.06 bits per heavy atom. The normalized spacial score (nSPS) is 11.6. The highest BCUT2D eigenvalue weighted by Gasteiger charge is 2.29. The Hall–Kier alpha value is -0.950. The van der Waals surface area contributed by atoms with Crippen molar-refractivity contribution in [3.8, 4) is 0 Å². The summed E-state index contributed by atoms with van der Waals surface area (Å²) in [6.45, 7) is 2.29. The van der Waals surface area contributed by atoms with Gasteiger partial charge in [-0.2, -0.15) is 0 Å². The molecule has 4 N–H and O–H groups in total. The summed E-state index contributed by atoms with van der Waals surface area (Å²) < 4.78 is 0. The lowest BCUT2D eigenvalue weighted by Gasteiger charge is -2.29. The molecule has 0 aliphatic rings. The number of hydrogen-bond acceptors (Lipinski definition) is 6. The van der Waals surface area contributed by atoms with Gasteiger partial charge in [-0.3, -0.25) is 0 Å². The summed E-state index contributed by atoms with van der Waals surface area (Å²) in [5.74, 6) is 0.379. The lowest BCUT2D eigenvalue weighted by atomic mass is 10.0. The number of hydrogen-bond donors (Lipinski definition) is 4. The van der Waals surface area contributed by atoms with Gasteiger partial charge >= 0.3 is 0 Å². The van der Waals surface area contributed by atoms with E-state index in [0.29, 0.717) is 11.0 Å². The Kier molecular flexibility index (Phi) is 4.64. The first-order valence-electron chi connectivity index (χ1n) is 5.10. The monoisotopic (exact) mass is 261 g/mol. The number of aromatic nitrogens is 2. The van der Waals surface area contributed by atoms with Crippen molar-refractivity contribution < 1.29 is 15.3 Å². The molecule has 0 aliphatic heterocycles. The quantitative estimate of drug-likeness (QED) is 0.590. The van der Waals surface area contributed by atoms with Crippen LogP contribution in [0.3, 0.4) is 0 Å². The maximum atomic E-state index is 9.20. The number of aliphatic hydroxyl groups is 3. The van der Waals surface area contributed by atoms with Crippen molar-refractivity contribution in [3.63, 3.8) is 0 Å². The van der Waals surface area contributed by atoms with Crippen LogP contribution in [0.2, 0.25) is 5.15 Å². The van der Waals surface area contributed by atoms with Crippen LogP contribution >= 0.6 is 11.6 Å². The maximum absolute atomic E-state index is 9.20. The highest BCUT2D eigenvalue weighted by atomic mass is 35.5. The molecule has 0 aliphatic carbocycles. The summed E-state index contributed by atoms with van der Waals surface area (Å²) in [6, 6.07) is 0. The van der Waals surface area contributed by atoms with E-state index in [0.717, 1.165) is 11.1 Å². The van der Waals surface area contributed by atoms with Crippen LogP contribution in [0, 0.1) is 13.8 Å². The Labute approximate surface area is 104 Å². The van der Waals surface area contributed by atoms with E-state index in [2.05, 4.69) is 15.5 Å². The highest BCUT2D eigenvalue weighted by molar-refractivity contribution is 6.30. The molecule has 0 saturated carbocycles. The van der Waals surface area contributed by atoms with E-state index in [1.165, 1.54) is 0 Å². The fourth-order valence-corrected chi connectivity index (χ4v) is 1.39. The van der Waals surface area contributed by atoms with Crippen molar-refractivity contribution in [3.05, 3.63) is 16.3 Å². The third-order valence-electron chi connectivity index (χ3n) is 2.76. The van der Waals surface area contributed by atoms with Gasteiger partial charge in [0.1, 0.15) is 5.54 Å². The molecule has 6 nitrogen and oxygen atoms in total. The van der Waals surface area contributed by atoms with Gasteiger partial charge in [-0.05, 0) is 25.0 Å². The van der Waals surface area contributed by atoms with Crippen LogP contribution in [-0.2, 0) is 0 Å². The zero-order valence-corrected chi connectivity index (χ0v) is 10.5. The van der Waals surface area contributed by atoms with Crippen molar-refractivity contribution in [2.45, 2.75) is 19.4 Å². The maximum Gasteiger partial charge on any atom is 0.155 e. The summed E-state index contributed by atoms with van der Waals surface area (Å²) in [7, 11) is 0. The van der Waals surface area contributed by atoms with E-state index in [9.17, 15) is 15.3 Å². The molecule has 0 bridgehead atoms. The van der Waals surface area contributed by atoms with Crippen molar-refractivity contribution in [2.75, 3.05) is 25.1 Å². The van der Waals surface area contributed by atoms with Crippen molar-refractivity contribution in [1.82, 2.24) is 10.2 Å². The SMILES string of the molecule is Cc1c(Cl)nnc(NC(CO)(CO)CO)c1C. The number of nitrogens with one attached hydrogen (secondary N) is 1. The van der Waals surface area contributed by atoms with Gasteiger partial charge in [0.25, 0.3) is 0 Å². The van der Waals surface area contributed by atoms with E-state index < -0.39 is 25.4 Å². The smallest absolute Gasteiger partial charge is 0.155 e. The van der Waals surface area contributed by atoms with E-state index >= 15 is 0 Å². The van der Waals surface area contributed by atoms with Crippen LogP contribution < -0.4 is 5.32 Å². The molecule has 0 atom stereocenters. The standard InChI is InChI=1S/C10H16ClN3O3/c1-6-7(2)9(14-13-8(6)11)12-10(3-15,4-16)5-17/h15-17H,3-5H2,1-2H3,(H,12,14). The minimum Gasteiger partial charge on any atom is -0.394 e. The molecule has 7 heteroatoms. The molecule has 96 valence electrons. The van der Waals surface area contributed by atoms with E-state index in [1.807, 2.05) is 0 Å². The summed E-state index contributed by atoms with van der Waals surface area (Å²) >= 11 is 5.81. The number of nitrogens with zero attached hydrogens (tertiary/aromatic N) is 2. The molecule has 0 radical (unpaired) electrons. The van der Waals surface area contributed by atoms with Gasteiger partial charge in [0.2, 0.25) is 0 Å². The second-order valence-electron chi connectivity index (χ2n) is 3.97. The molecule has 1 rings (SSSR count). The van der Waals surface area contributed by atoms with Crippen LogP contribution in [0.15, 0.2) is 0 Å². The van der Waals surface area contributed by atoms with Crippen LogP contribution in [0.5, 0.6) is 0 Å². The Bertz CT molecular complexity index is 388. The lowest BCUT2D eigenvalue weighted by Crippen LogP contribution is -2.49. The first-order valence-corrected chi connectivity index (χ1v) is 5.47. The molecule has 0 saturated heterocycles. The second-order valence-corrected chi connectivity index (χ2v) is 4.33. The van der Waals surface area contributed by atoms with Gasteiger partial charge < -0.3 is 20.6 Å². The zero-order chi connectivity index (χ0) is 13.1. The van der Waals surface area contributed by atoms with Gasteiger partial charge in [0.15, 0.2) is 11.0 Å². The van der Waals surface area contributed by atoms with E-state index in [1.54, 1.807) is 13.8 Å². The van der Waals surface area contributed by atoms with E-state index in [-0.39, 0.29) is 0 Å². The first-order chi connectivity index (χ1) is 7.99. The van der Waals surface area contributed by atoms with Gasteiger partial charge in [0.05, 0.1) is 19.8 Å². The third-order valence-corrected chi connectivity index (χ3v) is 3.12. The molecule has 1 heterocycles. The van der Waals surface area contributed by atoms with Crippen LogP contribution in [0.1, 0.15) is 11.1 Å². The Morgan fingerprint density at radius 2 is 1.59 bits per heavy atom. The van der Waals surface area contributed by atoms with Gasteiger partial charge in [-0.1, -0.05) is 11.6 Å². The summed E-state index contributed by atoms with van der Waals surface area (Å²) in [5.41, 5.74) is 0.288. The van der Waals surface area contributed by atoms with Crippen LogP contribution in [0.4, 0.5) is 5.82 Å². The molecule has 0 unspecified atom stereocenters. The van der Waals surface area contributed by atoms with Crippen molar-refractivity contribution >= 4 is 17.4 Å². The van der Waals surface area contributed by atoms with Crippen LogP contribution in [0.25, 0.3) is 0 Å². The van der Waals surface area contributed by atoms with E-state index in [4.69, 9.17) is 11.6 Å². The average molecular weight is 262 g/mol. The average Bonchev–Trinajstić information content (AvgIpc) is 2.36. The van der Waals surface area contributed by atoms with Crippen molar-refractivity contribution in [1.29, 1.82) is 0 Å². The predicted octanol–water partition coefficient (Wildman–Crippen LogP) is -0.126. The Balaban J connectivity index is 3.06. The van der Waals surface area contributed by atoms with Gasteiger partial charge in [-0.15, -0.1) is 10.2 Å².